The molecule has 0 aromatic heterocycles. The molecule has 0 aliphatic heterocycles. The van der Waals surface area contributed by atoms with Gasteiger partial charge in [-0.15, -0.1) is 23.2 Å². The quantitative estimate of drug-likeness (QED) is 0.578. The first-order valence-corrected chi connectivity index (χ1v) is 5.24. The van der Waals surface area contributed by atoms with Crippen LogP contribution >= 0.6 is 46.4 Å². The predicted molar refractivity (Wildman–Crippen MR) is 56.0 cm³/mol. The summed E-state index contributed by atoms with van der Waals surface area (Å²) >= 11 is 23.1. The standard InChI is InChI=1S/C7H10Cl4O2/c1-3-4(8)7(10,11)5(9)6(12)13-2/h4-5H,3H2,1-2H3. The van der Waals surface area contributed by atoms with Crippen molar-refractivity contribution in [3.63, 3.8) is 0 Å². The van der Waals surface area contributed by atoms with Crippen LogP contribution in [0.4, 0.5) is 0 Å². The number of methoxy groups -OCH3 is 1. The molecule has 0 amide bonds. The lowest BCUT2D eigenvalue weighted by atomic mass is 10.2. The van der Waals surface area contributed by atoms with E-state index in [4.69, 9.17) is 46.4 Å². The molecule has 0 aromatic rings. The molecule has 0 bridgehead atoms. The predicted octanol–water partition coefficient (Wildman–Crippen LogP) is 2.96. The SMILES string of the molecule is CCC(Cl)C(Cl)(Cl)C(Cl)C(=O)OC. The summed E-state index contributed by atoms with van der Waals surface area (Å²) in [5, 5.41) is -1.76. The zero-order valence-corrected chi connectivity index (χ0v) is 10.2. The molecule has 2 nitrogen and oxygen atoms in total. The molecular weight excluding hydrogens is 258 g/mol. The van der Waals surface area contributed by atoms with Gasteiger partial charge >= 0.3 is 5.97 Å². The number of hydrogen-bond donors (Lipinski definition) is 0. The number of halogens is 4. The molecule has 0 radical (unpaired) electrons. The van der Waals surface area contributed by atoms with Crippen molar-refractivity contribution < 1.29 is 9.53 Å². The van der Waals surface area contributed by atoms with Gasteiger partial charge in [-0.05, 0) is 6.42 Å². The van der Waals surface area contributed by atoms with Gasteiger partial charge in [0.2, 0.25) is 0 Å². The van der Waals surface area contributed by atoms with Crippen LogP contribution in [-0.4, -0.2) is 28.2 Å². The minimum absolute atomic E-state index is 0.509. The summed E-state index contributed by atoms with van der Waals surface area (Å²) in [4.78, 5) is 11.0. The molecule has 0 aromatic carbocycles. The first kappa shape index (κ1) is 13.6. The Labute approximate surface area is 97.4 Å². The fourth-order valence-corrected chi connectivity index (χ4v) is 1.61. The van der Waals surface area contributed by atoms with Gasteiger partial charge in [-0.2, -0.15) is 0 Å². The van der Waals surface area contributed by atoms with Gasteiger partial charge < -0.3 is 4.74 Å². The number of carbonyl (C=O) groups excluding carboxylic acids is 1. The minimum atomic E-state index is -1.51. The van der Waals surface area contributed by atoms with Gasteiger partial charge in [-0.25, -0.2) is 0 Å². The molecule has 0 aliphatic carbocycles. The first-order valence-electron chi connectivity index (χ1n) is 3.61. The third-order valence-corrected chi connectivity index (χ3v) is 4.11. The van der Waals surface area contributed by atoms with Crippen molar-refractivity contribution in [3.05, 3.63) is 0 Å². The third kappa shape index (κ3) is 3.35. The van der Waals surface area contributed by atoms with Crippen LogP contribution in [0, 0.1) is 0 Å². The molecule has 2 atom stereocenters. The molecule has 0 aliphatic rings. The maximum Gasteiger partial charge on any atom is 0.326 e. The third-order valence-electron chi connectivity index (χ3n) is 1.52. The molecule has 0 spiro atoms. The van der Waals surface area contributed by atoms with Crippen molar-refractivity contribution in [2.24, 2.45) is 0 Å². The fraction of sp³-hybridized carbons (Fsp3) is 0.857. The number of rotatable bonds is 4. The second kappa shape index (κ2) is 5.50. The molecule has 0 fully saturated rings. The highest BCUT2D eigenvalue weighted by atomic mass is 35.5. The molecule has 0 heterocycles. The largest absolute Gasteiger partial charge is 0.468 e. The van der Waals surface area contributed by atoms with Crippen molar-refractivity contribution >= 4 is 52.4 Å². The lowest BCUT2D eigenvalue weighted by molar-refractivity contribution is -0.140. The van der Waals surface area contributed by atoms with E-state index < -0.39 is 21.1 Å². The first-order chi connectivity index (χ1) is 5.87. The lowest BCUT2D eigenvalue weighted by Gasteiger charge is -2.27. The highest BCUT2D eigenvalue weighted by Gasteiger charge is 2.44. The zero-order chi connectivity index (χ0) is 10.6. The average molecular weight is 268 g/mol. The Kier molecular flexibility index (Phi) is 5.76. The van der Waals surface area contributed by atoms with Crippen molar-refractivity contribution in [3.8, 4) is 0 Å². The summed E-state index contributed by atoms with van der Waals surface area (Å²) in [7, 11) is 1.21. The zero-order valence-electron chi connectivity index (χ0n) is 7.19. The average Bonchev–Trinajstić information content (AvgIpc) is 2.13. The van der Waals surface area contributed by atoms with Crippen molar-refractivity contribution in [1.29, 1.82) is 0 Å². The van der Waals surface area contributed by atoms with Crippen LogP contribution in [0.2, 0.25) is 0 Å². The Morgan fingerprint density at radius 1 is 1.46 bits per heavy atom. The fourth-order valence-electron chi connectivity index (χ4n) is 0.692. The van der Waals surface area contributed by atoms with Gasteiger partial charge in [-0.1, -0.05) is 30.1 Å². The van der Waals surface area contributed by atoms with Crippen LogP contribution in [0.1, 0.15) is 13.3 Å². The van der Waals surface area contributed by atoms with Gasteiger partial charge in [0, 0.05) is 0 Å². The van der Waals surface area contributed by atoms with E-state index in [-0.39, 0.29) is 0 Å². The van der Waals surface area contributed by atoms with Crippen molar-refractivity contribution in [1.82, 2.24) is 0 Å². The molecule has 0 saturated carbocycles. The van der Waals surface area contributed by atoms with E-state index in [1.165, 1.54) is 7.11 Å². The number of hydrogen-bond acceptors (Lipinski definition) is 2. The number of esters is 1. The number of ether oxygens (including phenoxy) is 1. The van der Waals surface area contributed by atoms with Gasteiger partial charge in [0.1, 0.15) is 0 Å². The minimum Gasteiger partial charge on any atom is -0.468 e. The highest BCUT2D eigenvalue weighted by molar-refractivity contribution is 6.58. The second-order valence-corrected chi connectivity index (χ2v) is 4.84. The molecule has 2 unspecified atom stereocenters. The Morgan fingerprint density at radius 3 is 2.23 bits per heavy atom. The van der Waals surface area contributed by atoms with Gasteiger partial charge in [-0.3, -0.25) is 4.79 Å². The maximum absolute atomic E-state index is 11.0. The van der Waals surface area contributed by atoms with E-state index in [0.717, 1.165) is 0 Å². The Hall–Kier alpha value is 0.630. The normalized spacial score (nSPS) is 16.5. The molecule has 13 heavy (non-hydrogen) atoms. The maximum atomic E-state index is 11.0. The van der Waals surface area contributed by atoms with Crippen LogP contribution in [0.15, 0.2) is 0 Å². The van der Waals surface area contributed by atoms with Gasteiger partial charge in [0.25, 0.3) is 0 Å². The second-order valence-electron chi connectivity index (χ2n) is 2.44. The van der Waals surface area contributed by atoms with E-state index in [1.54, 1.807) is 6.92 Å². The van der Waals surface area contributed by atoms with Crippen LogP contribution in [-0.2, 0) is 9.53 Å². The number of carbonyl (C=O) groups is 1. The van der Waals surface area contributed by atoms with Crippen LogP contribution in [0.5, 0.6) is 0 Å². The van der Waals surface area contributed by atoms with E-state index >= 15 is 0 Å². The summed E-state index contributed by atoms with van der Waals surface area (Å²) in [6, 6.07) is 0. The summed E-state index contributed by atoms with van der Waals surface area (Å²) in [6.45, 7) is 1.79. The Morgan fingerprint density at radius 2 is 1.92 bits per heavy atom. The summed E-state index contributed by atoms with van der Waals surface area (Å²) in [5.41, 5.74) is 0. The van der Waals surface area contributed by atoms with Gasteiger partial charge in [0.15, 0.2) is 9.71 Å². The summed E-state index contributed by atoms with van der Waals surface area (Å²) in [6.07, 6.45) is 0.509. The van der Waals surface area contributed by atoms with Crippen LogP contribution < -0.4 is 0 Å². The molecule has 0 saturated heterocycles. The van der Waals surface area contributed by atoms with Crippen molar-refractivity contribution in [2.45, 2.75) is 28.4 Å². The van der Waals surface area contributed by atoms with E-state index in [9.17, 15) is 4.79 Å². The summed E-state index contributed by atoms with van der Waals surface area (Å²) < 4.78 is 2.89. The number of alkyl halides is 4. The van der Waals surface area contributed by atoms with E-state index in [0.29, 0.717) is 6.42 Å². The molecule has 6 heteroatoms. The molecule has 0 N–H and O–H groups in total. The van der Waals surface area contributed by atoms with Gasteiger partial charge in [0.05, 0.1) is 12.5 Å². The molecule has 0 rings (SSSR count). The topological polar surface area (TPSA) is 26.3 Å². The van der Waals surface area contributed by atoms with Crippen LogP contribution in [0.3, 0.4) is 0 Å². The molecule has 78 valence electrons. The van der Waals surface area contributed by atoms with Crippen molar-refractivity contribution in [2.75, 3.05) is 7.11 Å². The lowest BCUT2D eigenvalue weighted by Crippen LogP contribution is -2.41. The Bertz CT molecular complexity index is 183. The van der Waals surface area contributed by atoms with Crippen LogP contribution in [0.25, 0.3) is 0 Å². The van der Waals surface area contributed by atoms with E-state index in [1.807, 2.05) is 0 Å². The smallest absolute Gasteiger partial charge is 0.326 e. The Balaban J connectivity index is 4.52. The molecular formula is C7H10Cl4O2. The summed E-state index contributed by atoms with van der Waals surface area (Å²) in [5.74, 6) is -0.689. The monoisotopic (exact) mass is 266 g/mol. The van der Waals surface area contributed by atoms with E-state index in [2.05, 4.69) is 4.74 Å². The highest BCUT2D eigenvalue weighted by Crippen LogP contribution is 2.38.